The third kappa shape index (κ3) is 2.00. The van der Waals surface area contributed by atoms with Gasteiger partial charge in [-0.25, -0.2) is 0 Å². The maximum Gasteiger partial charge on any atom is 0.217 e. The standard InChI is InChI=1S/C11H14N6OS/c1-3-16-4-2-8(1)17(6-5-16)11-14-13-10(19-11)9-7-12-15-18-9/h7-8H,1-6H2. The van der Waals surface area contributed by atoms with Crippen LogP contribution in [0.5, 0.6) is 0 Å². The van der Waals surface area contributed by atoms with Crippen LogP contribution in [0.4, 0.5) is 5.13 Å². The summed E-state index contributed by atoms with van der Waals surface area (Å²) < 4.78 is 5.03. The van der Waals surface area contributed by atoms with Crippen LogP contribution in [0.15, 0.2) is 10.7 Å². The second-order valence-corrected chi connectivity index (χ2v) is 5.89. The highest BCUT2D eigenvalue weighted by atomic mass is 32.1. The summed E-state index contributed by atoms with van der Waals surface area (Å²) in [7, 11) is 0. The van der Waals surface area contributed by atoms with Crippen LogP contribution in [0, 0.1) is 0 Å². The molecule has 5 rings (SSSR count). The Balaban J connectivity index is 1.62. The zero-order valence-corrected chi connectivity index (χ0v) is 11.2. The monoisotopic (exact) mass is 278 g/mol. The van der Waals surface area contributed by atoms with Crippen LogP contribution in [0.1, 0.15) is 12.8 Å². The van der Waals surface area contributed by atoms with Crippen LogP contribution in [-0.2, 0) is 0 Å². The van der Waals surface area contributed by atoms with Gasteiger partial charge in [-0.15, -0.1) is 15.3 Å². The van der Waals surface area contributed by atoms with Gasteiger partial charge in [0.15, 0.2) is 5.01 Å². The first-order valence-corrected chi connectivity index (χ1v) is 7.32. The van der Waals surface area contributed by atoms with E-state index in [4.69, 9.17) is 4.52 Å². The van der Waals surface area contributed by atoms with Gasteiger partial charge >= 0.3 is 0 Å². The maximum absolute atomic E-state index is 5.03. The SMILES string of the molecule is c1nnoc1-c1nnc(N2CCN3CCC2CC3)s1. The van der Waals surface area contributed by atoms with Gasteiger partial charge in [0.2, 0.25) is 10.9 Å². The van der Waals surface area contributed by atoms with E-state index in [9.17, 15) is 0 Å². The average molecular weight is 278 g/mol. The Morgan fingerprint density at radius 1 is 1.16 bits per heavy atom. The molecular weight excluding hydrogens is 264 g/mol. The topological polar surface area (TPSA) is 71.2 Å². The fraction of sp³-hybridized carbons (Fsp3) is 0.636. The van der Waals surface area contributed by atoms with Gasteiger partial charge in [0, 0.05) is 37.5 Å². The largest absolute Gasteiger partial charge is 0.342 e. The number of hydrogen-bond donors (Lipinski definition) is 0. The molecule has 5 heterocycles. The lowest BCUT2D eigenvalue weighted by Gasteiger charge is -2.30. The summed E-state index contributed by atoms with van der Waals surface area (Å²) in [4.78, 5) is 4.93. The molecular formula is C11H14N6OS. The Morgan fingerprint density at radius 3 is 2.84 bits per heavy atom. The first-order chi connectivity index (χ1) is 9.40. The van der Waals surface area contributed by atoms with Gasteiger partial charge in [-0.2, -0.15) is 0 Å². The van der Waals surface area contributed by atoms with Crippen molar-refractivity contribution in [3.05, 3.63) is 6.20 Å². The van der Waals surface area contributed by atoms with E-state index in [1.807, 2.05) is 0 Å². The van der Waals surface area contributed by atoms with Crippen molar-refractivity contribution in [2.45, 2.75) is 18.9 Å². The molecule has 2 bridgehead atoms. The number of nitrogens with zero attached hydrogens (tertiary/aromatic N) is 6. The molecule has 0 saturated carbocycles. The van der Waals surface area contributed by atoms with E-state index in [0.717, 1.165) is 23.2 Å². The van der Waals surface area contributed by atoms with E-state index < -0.39 is 0 Å². The zero-order valence-electron chi connectivity index (χ0n) is 10.4. The van der Waals surface area contributed by atoms with Crippen LogP contribution < -0.4 is 4.90 Å². The number of fused-ring (bicyclic) bond motifs is 4. The molecule has 7 nitrogen and oxygen atoms in total. The van der Waals surface area contributed by atoms with Crippen molar-refractivity contribution in [2.75, 3.05) is 31.1 Å². The van der Waals surface area contributed by atoms with Crippen LogP contribution in [0.2, 0.25) is 0 Å². The fourth-order valence-corrected chi connectivity index (χ4v) is 3.72. The van der Waals surface area contributed by atoms with Crippen molar-refractivity contribution in [1.29, 1.82) is 0 Å². The Morgan fingerprint density at radius 2 is 2.05 bits per heavy atom. The van der Waals surface area contributed by atoms with E-state index in [1.54, 1.807) is 17.5 Å². The van der Waals surface area contributed by atoms with E-state index in [2.05, 4.69) is 30.4 Å². The van der Waals surface area contributed by atoms with Crippen molar-refractivity contribution in [2.24, 2.45) is 0 Å². The summed E-state index contributed by atoms with van der Waals surface area (Å²) in [5, 5.41) is 17.4. The number of rotatable bonds is 2. The van der Waals surface area contributed by atoms with Gasteiger partial charge in [0.1, 0.15) is 6.20 Å². The lowest BCUT2D eigenvalue weighted by Crippen LogP contribution is -2.37. The molecule has 2 aromatic heterocycles. The third-order valence-corrected chi connectivity index (χ3v) is 4.86. The lowest BCUT2D eigenvalue weighted by atomic mass is 10.1. The molecule has 0 spiro atoms. The van der Waals surface area contributed by atoms with Gasteiger partial charge < -0.3 is 14.3 Å². The number of anilines is 1. The van der Waals surface area contributed by atoms with Crippen molar-refractivity contribution < 1.29 is 4.52 Å². The normalized spacial score (nSPS) is 26.6. The Labute approximate surface area is 114 Å². The predicted octanol–water partition coefficient (Wildman–Crippen LogP) is 0.872. The average Bonchev–Trinajstić information content (AvgIpc) is 3.05. The lowest BCUT2D eigenvalue weighted by molar-refractivity contribution is 0.250. The van der Waals surface area contributed by atoms with Crippen molar-refractivity contribution >= 4 is 16.5 Å². The van der Waals surface area contributed by atoms with Crippen molar-refractivity contribution in [3.63, 3.8) is 0 Å². The molecule has 0 N–H and O–H groups in total. The van der Waals surface area contributed by atoms with E-state index in [1.165, 1.54) is 25.9 Å². The van der Waals surface area contributed by atoms with E-state index in [0.29, 0.717) is 11.8 Å². The van der Waals surface area contributed by atoms with Gasteiger partial charge in [0.25, 0.3) is 0 Å². The molecule has 100 valence electrons. The van der Waals surface area contributed by atoms with Crippen LogP contribution in [-0.4, -0.2) is 57.7 Å². The molecule has 8 heteroatoms. The van der Waals surface area contributed by atoms with Crippen LogP contribution in [0.25, 0.3) is 10.8 Å². The van der Waals surface area contributed by atoms with E-state index in [-0.39, 0.29) is 0 Å². The first-order valence-electron chi connectivity index (χ1n) is 6.50. The second kappa shape index (κ2) is 4.53. The Bertz CT molecular complexity index is 547. The molecule has 0 unspecified atom stereocenters. The minimum Gasteiger partial charge on any atom is -0.342 e. The minimum atomic E-state index is 0.589. The number of piperidine rings is 1. The molecule has 0 aromatic carbocycles. The van der Waals surface area contributed by atoms with Gasteiger partial charge in [-0.1, -0.05) is 11.3 Å². The highest BCUT2D eigenvalue weighted by Crippen LogP contribution is 2.32. The summed E-state index contributed by atoms with van der Waals surface area (Å²) in [5.41, 5.74) is 0. The summed E-state index contributed by atoms with van der Waals surface area (Å²) in [5.74, 6) is 0.589. The van der Waals surface area contributed by atoms with Crippen LogP contribution >= 0.6 is 11.3 Å². The Hall–Kier alpha value is -1.54. The van der Waals surface area contributed by atoms with Crippen molar-refractivity contribution in [3.8, 4) is 10.8 Å². The molecule has 0 aliphatic carbocycles. The number of aromatic nitrogens is 4. The van der Waals surface area contributed by atoms with E-state index >= 15 is 0 Å². The molecule has 0 radical (unpaired) electrons. The van der Waals surface area contributed by atoms with Gasteiger partial charge in [0.05, 0.1) is 0 Å². The van der Waals surface area contributed by atoms with Gasteiger partial charge in [-0.05, 0) is 12.8 Å². The molecule has 3 saturated heterocycles. The Kier molecular flexibility index (Phi) is 2.70. The summed E-state index contributed by atoms with van der Waals surface area (Å²) in [6.07, 6.45) is 4.02. The number of hydrogen-bond acceptors (Lipinski definition) is 8. The summed E-state index contributed by atoms with van der Waals surface area (Å²) >= 11 is 1.56. The minimum absolute atomic E-state index is 0.589. The van der Waals surface area contributed by atoms with Crippen LogP contribution in [0.3, 0.4) is 0 Å². The highest BCUT2D eigenvalue weighted by molar-refractivity contribution is 7.18. The summed E-state index contributed by atoms with van der Waals surface area (Å²) in [6, 6.07) is 0.604. The molecule has 0 amide bonds. The smallest absolute Gasteiger partial charge is 0.217 e. The fourth-order valence-electron chi connectivity index (χ4n) is 2.83. The highest BCUT2D eigenvalue weighted by Gasteiger charge is 2.31. The molecule has 3 aliphatic heterocycles. The molecule has 19 heavy (non-hydrogen) atoms. The van der Waals surface area contributed by atoms with Crippen molar-refractivity contribution in [1.82, 2.24) is 25.5 Å². The first kappa shape index (κ1) is 11.3. The maximum atomic E-state index is 5.03. The molecule has 3 fully saturated rings. The predicted molar refractivity (Wildman–Crippen MR) is 70.0 cm³/mol. The molecule has 0 atom stereocenters. The molecule has 2 aromatic rings. The molecule has 3 aliphatic rings. The second-order valence-electron chi connectivity index (χ2n) is 4.94. The quantitative estimate of drug-likeness (QED) is 0.807. The summed E-state index contributed by atoms with van der Waals surface area (Å²) in [6.45, 7) is 4.57. The van der Waals surface area contributed by atoms with Gasteiger partial charge in [-0.3, -0.25) is 0 Å². The zero-order chi connectivity index (χ0) is 12.7. The third-order valence-electron chi connectivity index (χ3n) is 3.89.